The number of hydrogen-bond donors (Lipinski definition) is 3. The van der Waals surface area contributed by atoms with Gasteiger partial charge >= 0.3 is 0 Å². The van der Waals surface area contributed by atoms with Gasteiger partial charge in [0.1, 0.15) is 0 Å². The number of nitrogens with zero attached hydrogens (tertiary/aromatic N) is 3. The molecule has 7 heteroatoms. The van der Waals surface area contributed by atoms with Crippen LogP contribution >= 0.6 is 0 Å². The number of carbonyl (C=O) groups excluding carboxylic acids is 1. The minimum atomic E-state index is -0.154. The molecule has 0 unspecified atom stereocenters. The number of anilines is 1. The number of aliphatic imine (C=N–C) groups is 1. The van der Waals surface area contributed by atoms with Crippen LogP contribution in [0.5, 0.6) is 0 Å². The molecule has 3 N–H and O–H groups in total. The number of aromatic amines is 1. The minimum Gasteiger partial charge on any atom is -0.361 e. The fourth-order valence-corrected chi connectivity index (χ4v) is 3.58. The Morgan fingerprint density at radius 1 is 1.00 bits per heavy atom. The number of nitrogens with one attached hydrogen (secondary N) is 3. The average Bonchev–Trinajstić information content (AvgIpc) is 3.17. The van der Waals surface area contributed by atoms with Gasteiger partial charge in [-0.2, -0.15) is 0 Å². The molecular weight excluding hydrogens is 400 g/mol. The van der Waals surface area contributed by atoms with E-state index in [1.165, 1.54) is 10.9 Å². The third-order valence-electron chi connectivity index (χ3n) is 5.00. The van der Waals surface area contributed by atoms with Gasteiger partial charge in [-0.05, 0) is 43.5 Å². The molecule has 0 aliphatic rings. The van der Waals surface area contributed by atoms with E-state index in [9.17, 15) is 4.79 Å². The van der Waals surface area contributed by atoms with E-state index in [-0.39, 0.29) is 12.3 Å². The second-order valence-electron chi connectivity index (χ2n) is 7.65. The molecule has 0 spiro atoms. The number of aryl methyl sites for hydroxylation is 2. The topological polar surface area (TPSA) is 95.1 Å². The zero-order valence-electron chi connectivity index (χ0n) is 18.2. The number of fused-ring (bicyclic) bond motifs is 1. The first kappa shape index (κ1) is 21.2. The van der Waals surface area contributed by atoms with E-state index >= 15 is 0 Å². The first-order valence-electron chi connectivity index (χ1n) is 10.6. The highest BCUT2D eigenvalue weighted by Crippen LogP contribution is 2.18. The number of amides is 1. The van der Waals surface area contributed by atoms with Crippen LogP contribution in [0.2, 0.25) is 0 Å². The molecule has 2 aromatic carbocycles. The van der Waals surface area contributed by atoms with Gasteiger partial charge in [0.2, 0.25) is 17.8 Å². The molecule has 0 bridgehead atoms. The summed E-state index contributed by atoms with van der Waals surface area (Å²) in [6, 6.07) is 19.7. The van der Waals surface area contributed by atoms with E-state index < -0.39 is 0 Å². The molecule has 2 heterocycles. The number of aromatic nitrogens is 3. The molecule has 0 saturated heterocycles. The van der Waals surface area contributed by atoms with Gasteiger partial charge in [0.05, 0.1) is 6.42 Å². The van der Waals surface area contributed by atoms with Gasteiger partial charge < -0.3 is 4.98 Å². The highest BCUT2D eigenvalue weighted by Gasteiger charge is 2.10. The lowest BCUT2D eigenvalue weighted by atomic mass is 10.1. The Labute approximate surface area is 187 Å². The van der Waals surface area contributed by atoms with Crippen LogP contribution in [0.15, 0.2) is 71.9 Å². The van der Waals surface area contributed by atoms with Crippen LogP contribution in [0.1, 0.15) is 22.5 Å². The van der Waals surface area contributed by atoms with Crippen LogP contribution in [0.3, 0.4) is 0 Å². The summed E-state index contributed by atoms with van der Waals surface area (Å²) in [6.07, 6.45) is 3.00. The van der Waals surface area contributed by atoms with Gasteiger partial charge in [0.15, 0.2) is 0 Å². The first-order chi connectivity index (χ1) is 15.6. The van der Waals surface area contributed by atoms with Crippen LogP contribution in [0.4, 0.5) is 5.95 Å². The van der Waals surface area contributed by atoms with E-state index in [1.807, 2.05) is 68.6 Å². The quantitative estimate of drug-likeness (QED) is 0.321. The zero-order valence-corrected chi connectivity index (χ0v) is 18.2. The SMILES string of the molecule is Cc1cc(C)nc(NC(=NCCc2c[nH]c3ccccc23)NC(=O)Cc2ccccc2)n1. The van der Waals surface area contributed by atoms with Crippen molar-refractivity contribution in [3.8, 4) is 0 Å². The van der Waals surface area contributed by atoms with E-state index in [1.54, 1.807) is 0 Å². The molecule has 32 heavy (non-hydrogen) atoms. The molecule has 0 fully saturated rings. The van der Waals surface area contributed by atoms with Gasteiger partial charge in [-0.25, -0.2) is 9.97 Å². The number of guanidine groups is 1. The van der Waals surface area contributed by atoms with Crippen molar-refractivity contribution in [2.24, 2.45) is 4.99 Å². The summed E-state index contributed by atoms with van der Waals surface area (Å²) < 4.78 is 0. The smallest absolute Gasteiger partial charge is 0.231 e. The average molecular weight is 427 g/mol. The Bertz CT molecular complexity index is 1230. The summed E-state index contributed by atoms with van der Waals surface area (Å²) in [6.45, 7) is 4.31. The molecule has 162 valence electrons. The molecule has 2 aromatic heterocycles. The number of rotatable bonds is 6. The van der Waals surface area contributed by atoms with Crippen LogP contribution in [0, 0.1) is 13.8 Å². The summed E-state index contributed by atoms with van der Waals surface area (Å²) in [5.74, 6) is 0.600. The van der Waals surface area contributed by atoms with Crippen molar-refractivity contribution in [3.63, 3.8) is 0 Å². The predicted molar refractivity (Wildman–Crippen MR) is 128 cm³/mol. The van der Waals surface area contributed by atoms with Crippen molar-refractivity contribution < 1.29 is 4.79 Å². The van der Waals surface area contributed by atoms with Crippen molar-refractivity contribution in [2.45, 2.75) is 26.7 Å². The highest BCUT2D eigenvalue weighted by molar-refractivity contribution is 6.03. The standard InChI is InChI=1S/C25H26N6O/c1-17-14-18(2)29-25(28-17)31-24(30-23(32)15-19-8-4-3-5-9-19)26-13-12-20-16-27-22-11-7-6-10-21(20)22/h3-11,14,16,27H,12-13,15H2,1-2H3,(H2,26,28,29,30,31,32). The molecule has 7 nitrogen and oxygen atoms in total. The third-order valence-corrected chi connectivity index (χ3v) is 5.00. The third kappa shape index (κ3) is 5.57. The molecule has 0 aliphatic heterocycles. The zero-order chi connectivity index (χ0) is 22.3. The Morgan fingerprint density at radius 2 is 1.72 bits per heavy atom. The van der Waals surface area contributed by atoms with E-state index in [0.717, 1.165) is 28.9 Å². The summed E-state index contributed by atoms with van der Waals surface area (Å²) in [5.41, 5.74) is 4.90. The van der Waals surface area contributed by atoms with Gasteiger partial charge in [-0.15, -0.1) is 0 Å². The van der Waals surface area contributed by atoms with Crippen molar-refractivity contribution in [2.75, 3.05) is 11.9 Å². The minimum absolute atomic E-state index is 0.154. The summed E-state index contributed by atoms with van der Waals surface area (Å²) in [4.78, 5) is 29.4. The summed E-state index contributed by atoms with van der Waals surface area (Å²) in [7, 11) is 0. The van der Waals surface area contributed by atoms with E-state index in [0.29, 0.717) is 18.5 Å². The van der Waals surface area contributed by atoms with Crippen LogP contribution in [-0.4, -0.2) is 33.4 Å². The number of carbonyl (C=O) groups is 1. The second kappa shape index (κ2) is 9.87. The Hall–Kier alpha value is -4.00. The van der Waals surface area contributed by atoms with Crippen molar-refractivity contribution >= 4 is 28.7 Å². The fourth-order valence-electron chi connectivity index (χ4n) is 3.58. The lowest BCUT2D eigenvalue weighted by molar-refractivity contribution is -0.119. The van der Waals surface area contributed by atoms with Crippen LogP contribution in [0.25, 0.3) is 10.9 Å². The van der Waals surface area contributed by atoms with E-state index in [4.69, 9.17) is 0 Å². The van der Waals surface area contributed by atoms with Crippen LogP contribution < -0.4 is 10.6 Å². The summed E-state index contributed by atoms with van der Waals surface area (Å²) >= 11 is 0. The highest BCUT2D eigenvalue weighted by atomic mass is 16.1. The molecule has 0 radical (unpaired) electrons. The number of hydrogen-bond acceptors (Lipinski definition) is 4. The summed E-state index contributed by atoms with van der Waals surface area (Å²) in [5, 5.41) is 7.15. The Balaban J connectivity index is 1.49. The molecule has 0 aliphatic carbocycles. The molecule has 4 aromatic rings. The van der Waals surface area contributed by atoms with Gasteiger partial charge in [0.25, 0.3) is 0 Å². The Morgan fingerprint density at radius 3 is 2.50 bits per heavy atom. The Kier molecular flexibility index (Phi) is 6.55. The van der Waals surface area contributed by atoms with E-state index in [2.05, 4.69) is 42.7 Å². The van der Waals surface area contributed by atoms with Crippen LogP contribution in [-0.2, 0) is 17.6 Å². The maximum Gasteiger partial charge on any atom is 0.231 e. The lowest BCUT2D eigenvalue weighted by Crippen LogP contribution is -2.37. The number of H-pyrrole nitrogens is 1. The largest absolute Gasteiger partial charge is 0.361 e. The number of para-hydroxylation sites is 1. The second-order valence-corrected chi connectivity index (χ2v) is 7.65. The molecule has 1 amide bonds. The fraction of sp³-hybridized carbons (Fsp3) is 0.200. The van der Waals surface area contributed by atoms with Gasteiger partial charge in [-0.3, -0.25) is 20.4 Å². The first-order valence-corrected chi connectivity index (χ1v) is 10.6. The molecule has 0 atom stereocenters. The molecular formula is C25H26N6O. The predicted octanol–water partition coefficient (Wildman–Crippen LogP) is 3.94. The maximum atomic E-state index is 12.6. The monoisotopic (exact) mass is 426 g/mol. The lowest BCUT2D eigenvalue weighted by Gasteiger charge is -2.11. The maximum absolute atomic E-state index is 12.6. The van der Waals surface area contributed by atoms with Gasteiger partial charge in [0, 0.05) is 35.0 Å². The molecule has 4 rings (SSSR count). The normalized spacial score (nSPS) is 11.5. The van der Waals surface area contributed by atoms with Crippen molar-refractivity contribution in [3.05, 3.63) is 89.4 Å². The number of benzene rings is 2. The van der Waals surface area contributed by atoms with Crippen molar-refractivity contribution in [1.29, 1.82) is 0 Å². The van der Waals surface area contributed by atoms with Gasteiger partial charge in [-0.1, -0.05) is 48.5 Å². The molecule has 0 saturated carbocycles. The van der Waals surface area contributed by atoms with Crippen molar-refractivity contribution in [1.82, 2.24) is 20.3 Å².